The Hall–Kier alpha value is -1.59. The summed E-state index contributed by atoms with van der Waals surface area (Å²) in [6.07, 6.45) is 0. The lowest BCUT2D eigenvalue weighted by Crippen LogP contribution is -2.11. The first kappa shape index (κ1) is 12.9. The molecule has 96 valence electrons. The van der Waals surface area contributed by atoms with E-state index in [0.29, 0.717) is 5.92 Å². The quantitative estimate of drug-likeness (QED) is 0.927. The van der Waals surface area contributed by atoms with E-state index in [9.17, 15) is 8.42 Å². The Bertz CT molecular complexity index is 639. The fourth-order valence-electron chi connectivity index (χ4n) is 1.63. The molecular weight excluding hydrogens is 250 g/mol. The van der Waals surface area contributed by atoms with Gasteiger partial charge in [-0.25, -0.2) is 13.6 Å². The van der Waals surface area contributed by atoms with Gasteiger partial charge in [0, 0.05) is 11.5 Å². The van der Waals surface area contributed by atoms with Gasteiger partial charge in [-0.15, -0.1) is 0 Å². The summed E-state index contributed by atoms with van der Waals surface area (Å²) in [5.74, 6) is 1.95. The summed E-state index contributed by atoms with van der Waals surface area (Å²) < 4.78 is 27.9. The van der Waals surface area contributed by atoms with Crippen molar-refractivity contribution in [2.45, 2.75) is 24.7 Å². The maximum Gasteiger partial charge on any atom is 0.238 e. The van der Waals surface area contributed by atoms with Gasteiger partial charge in [0.05, 0.1) is 4.90 Å². The number of rotatable bonds is 3. The zero-order valence-electron chi connectivity index (χ0n) is 10.3. The lowest BCUT2D eigenvalue weighted by Gasteiger charge is -2.01. The zero-order chi connectivity index (χ0) is 13.3. The predicted molar refractivity (Wildman–Crippen MR) is 69.6 cm³/mol. The molecule has 0 radical (unpaired) electrons. The molecule has 0 aliphatic heterocycles. The minimum atomic E-state index is -3.64. The van der Waals surface area contributed by atoms with E-state index in [4.69, 9.17) is 9.56 Å². The van der Waals surface area contributed by atoms with Crippen LogP contribution in [0, 0.1) is 0 Å². The second kappa shape index (κ2) is 4.59. The van der Waals surface area contributed by atoms with Crippen molar-refractivity contribution in [1.29, 1.82) is 0 Å². The van der Waals surface area contributed by atoms with Gasteiger partial charge in [-0.1, -0.05) is 13.8 Å². The lowest BCUT2D eigenvalue weighted by molar-refractivity contribution is 0.498. The molecule has 1 aromatic carbocycles. The average Bonchev–Trinajstić information content (AvgIpc) is 2.77. The van der Waals surface area contributed by atoms with Crippen LogP contribution in [0.15, 0.2) is 45.7 Å². The molecule has 0 aliphatic rings. The number of hydrogen-bond acceptors (Lipinski definition) is 3. The van der Waals surface area contributed by atoms with E-state index in [1.54, 1.807) is 12.1 Å². The first-order chi connectivity index (χ1) is 8.38. The van der Waals surface area contributed by atoms with E-state index in [-0.39, 0.29) is 4.90 Å². The Labute approximate surface area is 106 Å². The van der Waals surface area contributed by atoms with E-state index in [1.807, 2.05) is 26.0 Å². The van der Waals surface area contributed by atoms with Gasteiger partial charge in [-0.3, -0.25) is 0 Å². The third-order valence-corrected chi connectivity index (χ3v) is 3.59. The molecule has 0 aliphatic carbocycles. The monoisotopic (exact) mass is 265 g/mol. The molecule has 5 heteroatoms. The highest BCUT2D eigenvalue weighted by Crippen LogP contribution is 2.26. The highest BCUT2D eigenvalue weighted by Gasteiger charge is 2.10. The Kier molecular flexibility index (Phi) is 3.28. The van der Waals surface area contributed by atoms with Gasteiger partial charge >= 0.3 is 0 Å². The van der Waals surface area contributed by atoms with Crippen molar-refractivity contribution < 1.29 is 12.8 Å². The molecular formula is C13H15NO3S. The fraction of sp³-hybridized carbons (Fsp3) is 0.231. The summed E-state index contributed by atoms with van der Waals surface area (Å²) in [5, 5.41) is 5.04. The Morgan fingerprint density at radius 1 is 1.06 bits per heavy atom. The third-order valence-electron chi connectivity index (χ3n) is 2.66. The molecule has 2 aromatic rings. The first-order valence-corrected chi connectivity index (χ1v) is 7.15. The van der Waals surface area contributed by atoms with Crippen LogP contribution >= 0.6 is 0 Å². The van der Waals surface area contributed by atoms with Crippen LogP contribution in [-0.4, -0.2) is 8.42 Å². The maximum absolute atomic E-state index is 11.1. The average molecular weight is 265 g/mol. The van der Waals surface area contributed by atoms with Crippen molar-refractivity contribution in [2.24, 2.45) is 5.14 Å². The lowest BCUT2D eigenvalue weighted by atomic mass is 10.1. The summed E-state index contributed by atoms with van der Waals surface area (Å²) in [7, 11) is -3.64. The molecule has 0 atom stereocenters. The largest absolute Gasteiger partial charge is 0.461 e. The molecule has 0 bridgehead atoms. The molecule has 18 heavy (non-hydrogen) atoms. The molecule has 0 amide bonds. The van der Waals surface area contributed by atoms with Crippen LogP contribution in [0.25, 0.3) is 11.3 Å². The highest BCUT2D eigenvalue weighted by atomic mass is 32.2. The first-order valence-electron chi connectivity index (χ1n) is 5.61. The van der Waals surface area contributed by atoms with Crippen molar-refractivity contribution >= 4 is 10.0 Å². The standard InChI is InChI=1S/C13H15NO3S/c1-9(2)12-7-8-13(17-12)10-3-5-11(6-4-10)18(14,15)16/h3-9H,1-2H3,(H2,14,15,16). The number of sulfonamides is 1. The normalized spacial score (nSPS) is 12.0. The highest BCUT2D eigenvalue weighted by molar-refractivity contribution is 7.89. The number of nitrogens with two attached hydrogens (primary N) is 1. The molecule has 1 aromatic heterocycles. The van der Waals surface area contributed by atoms with E-state index in [2.05, 4.69) is 0 Å². The van der Waals surface area contributed by atoms with E-state index in [1.165, 1.54) is 12.1 Å². The molecule has 1 heterocycles. The second-order valence-electron chi connectivity index (χ2n) is 4.43. The molecule has 0 fully saturated rings. The van der Waals surface area contributed by atoms with Gasteiger partial charge in [0.25, 0.3) is 0 Å². The minimum absolute atomic E-state index is 0.0990. The van der Waals surface area contributed by atoms with Crippen LogP contribution in [0.1, 0.15) is 25.5 Å². The van der Waals surface area contributed by atoms with Crippen molar-refractivity contribution in [2.75, 3.05) is 0 Å². The summed E-state index contributed by atoms with van der Waals surface area (Å²) >= 11 is 0. The Balaban J connectivity index is 2.34. The van der Waals surface area contributed by atoms with Gasteiger partial charge in [0.15, 0.2) is 0 Å². The van der Waals surface area contributed by atoms with Crippen LogP contribution in [0.5, 0.6) is 0 Å². The second-order valence-corrected chi connectivity index (χ2v) is 5.99. The summed E-state index contributed by atoms with van der Waals surface area (Å²) in [6, 6.07) is 10.1. The van der Waals surface area contributed by atoms with Crippen molar-refractivity contribution in [3.8, 4) is 11.3 Å². The number of benzene rings is 1. The van der Waals surface area contributed by atoms with E-state index < -0.39 is 10.0 Å². The van der Waals surface area contributed by atoms with Crippen LogP contribution in [0.2, 0.25) is 0 Å². The van der Waals surface area contributed by atoms with Gasteiger partial charge < -0.3 is 4.42 Å². The van der Waals surface area contributed by atoms with Gasteiger partial charge in [-0.2, -0.15) is 0 Å². The molecule has 0 saturated heterocycles. The van der Waals surface area contributed by atoms with Crippen LogP contribution in [-0.2, 0) is 10.0 Å². The molecule has 2 N–H and O–H groups in total. The number of primary sulfonamides is 1. The van der Waals surface area contributed by atoms with Gasteiger partial charge in [-0.05, 0) is 36.4 Å². The van der Waals surface area contributed by atoms with Crippen molar-refractivity contribution in [3.63, 3.8) is 0 Å². The smallest absolute Gasteiger partial charge is 0.238 e. The number of hydrogen-bond donors (Lipinski definition) is 1. The maximum atomic E-state index is 11.1. The van der Waals surface area contributed by atoms with E-state index in [0.717, 1.165) is 17.1 Å². The van der Waals surface area contributed by atoms with Crippen molar-refractivity contribution in [1.82, 2.24) is 0 Å². The molecule has 0 saturated carbocycles. The summed E-state index contributed by atoms with van der Waals surface area (Å²) in [6.45, 7) is 4.10. The SMILES string of the molecule is CC(C)c1ccc(-c2ccc(S(N)(=O)=O)cc2)o1. The van der Waals surface area contributed by atoms with Crippen LogP contribution in [0.3, 0.4) is 0 Å². The van der Waals surface area contributed by atoms with Gasteiger partial charge in [0.1, 0.15) is 11.5 Å². The zero-order valence-corrected chi connectivity index (χ0v) is 11.1. The third kappa shape index (κ3) is 2.63. The fourth-order valence-corrected chi connectivity index (χ4v) is 2.14. The molecule has 2 rings (SSSR count). The Morgan fingerprint density at radius 3 is 2.11 bits per heavy atom. The Morgan fingerprint density at radius 2 is 1.67 bits per heavy atom. The molecule has 4 nitrogen and oxygen atoms in total. The molecule has 0 unspecified atom stereocenters. The topological polar surface area (TPSA) is 73.3 Å². The van der Waals surface area contributed by atoms with Gasteiger partial charge in [0.2, 0.25) is 10.0 Å². The summed E-state index contributed by atoms with van der Waals surface area (Å²) in [4.78, 5) is 0.0990. The molecule has 0 spiro atoms. The minimum Gasteiger partial charge on any atom is -0.461 e. The number of furan rings is 1. The van der Waals surface area contributed by atoms with E-state index >= 15 is 0 Å². The van der Waals surface area contributed by atoms with Crippen LogP contribution < -0.4 is 5.14 Å². The summed E-state index contributed by atoms with van der Waals surface area (Å²) in [5.41, 5.74) is 0.828. The predicted octanol–water partition coefficient (Wildman–Crippen LogP) is 2.72. The van der Waals surface area contributed by atoms with Crippen molar-refractivity contribution in [3.05, 3.63) is 42.2 Å². The van der Waals surface area contributed by atoms with Crippen LogP contribution in [0.4, 0.5) is 0 Å².